The Morgan fingerprint density at radius 2 is 1.86 bits per heavy atom. The number of nitrogens with zero attached hydrogens (tertiary/aromatic N) is 2. The highest BCUT2D eigenvalue weighted by Gasteiger charge is 2.36. The Balaban J connectivity index is 2.26. The number of halogens is 1. The van der Waals surface area contributed by atoms with Crippen molar-refractivity contribution in [1.82, 2.24) is 9.88 Å². The van der Waals surface area contributed by atoms with Crippen molar-refractivity contribution in [2.24, 2.45) is 0 Å². The molecule has 7 heteroatoms. The lowest BCUT2D eigenvalue weighted by Gasteiger charge is -2.30. The van der Waals surface area contributed by atoms with Gasteiger partial charge < -0.3 is 10.0 Å². The molecule has 0 saturated carbocycles. The zero-order chi connectivity index (χ0) is 16.5. The van der Waals surface area contributed by atoms with E-state index in [1.807, 2.05) is 12.1 Å². The average molecular weight is 339 g/mol. The third-order valence-corrected chi connectivity index (χ3v) is 4.62. The van der Waals surface area contributed by atoms with Crippen molar-refractivity contribution in [3.63, 3.8) is 0 Å². The van der Waals surface area contributed by atoms with E-state index in [9.17, 15) is 14.7 Å². The minimum atomic E-state index is -1.30. The van der Waals surface area contributed by atoms with E-state index in [1.54, 1.807) is 17.5 Å². The van der Waals surface area contributed by atoms with Crippen LogP contribution in [0.1, 0.15) is 24.3 Å². The number of amides is 1. The maximum Gasteiger partial charge on any atom is 0.329 e. The number of aromatic nitrogens is 1. The average Bonchev–Trinajstić information content (AvgIpc) is 2.96. The van der Waals surface area contributed by atoms with Crippen LogP contribution in [0.5, 0.6) is 0 Å². The quantitative estimate of drug-likeness (QED) is 0.927. The molecule has 0 aliphatic heterocycles. The van der Waals surface area contributed by atoms with Gasteiger partial charge in [0, 0.05) is 23.0 Å². The first kappa shape index (κ1) is 16.5. The second kappa shape index (κ2) is 6.06. The van der Waals surface area contributed by atoms with E-state index >= 15 is 0 Å². The van der Waals surface area contributed by atoms with Gasteiger partial charge in [0.25, 0.3) is 5.91 Å². The molecular weight excluding hydrogens is 324 g/mol. The highest BCUT2D eigenvalue weighted by Crippen LogP contribution is 2.26. The number of rotatable bonds is 4. The molecule has 2 aromatic rings. The number of benzene rings is 1. The van der Waals surface area contributed by atoms with Gasteiger partial charge in [0.1, 0.15) is 16.2 Å². The van der Waals surface area contributed by atoms with Crippen molar-refractivity contribution in [2.45, 2.75) is 19.4 Å². The summed E-state index contributed by atoms with van der Waals surface area (Å²) in [4.78, 5) is 29.1. The minimum Gasteiger partial charge on any atom is -0.480 e. The number of carbonyl (C=O) groups excluding carboxylic acids is 1. The lowest BCUT2D eigenvalue weighted by molar-refractivity contribution is -0.147. The highest BCUT2D eigenvalue weighted by molar-refractivity contribution is 7.13. The first-order chi connectivity index (χ1) is 10.2. The van der Waals surface area contributed by atoms with Crippen LogP contribution in [0.4, 0.5) is 0 Å². The second-order valence-corrected chi connectivity index (χ2v) is 6.57. The summed E-state index contributed by atoms with van der Waals surface area (Å²) >= 11 is 7.17. The number of likely N-dealkylation sites (N-methyl/N-ethyl adjacent to an activating group) is 1. The Kier molecular flexibility index (Phi) is 4.53. The van der Waals surface area contributed by atoms with Gasteiger partial charge in [-0.05, 0) is 26.0 Å². The topological polar surface area (TPSA) is 70.5 Å². The van der Waals surface area contributed by atoms with Crippen molar-refractivity contribution in [3.8, 4) is 10.6 Å². The van der Waals surface area contributed by atoms with Crippen molar-refractivity contribution >= 4 is 34.8 Å². The molecule has 0 aliphatic carbocycles. The number of carboxylic acid groups (broad SMARTS) is 1. The molecule has 1 heterocycles. The molecule has 116 valence electrons. The van der Waals surface area contributed by atoms with Crippen LogP contribution < -0.4 is 0 Å². The van der Waals surface area contributed by atoms with Crippen molar-refractivity contribution < 1.29 is 14.7 Å². The van der Waals surface area contributed by atoms with E-state index in [-0.39, 0.29) is 5.69 Å². The Morgan fingerprint density at radius 3 is 2.41 bits per heavy atom. The molecule has 1 aromatic carbocycles. The minimum absolute atomic E-state index is 0.228. The van der Waals surface area contributed by atoms with E-state index in [2.05, 4.69) is 4.98 Å². The summed E-state index contributed by atoms with van der Waals surface area (Å²) in [5.41, 5.74) is -0.221. The Labute approximate surface area is 137 Å². The summed E-state index contributed by atoms with van der Waals surface area (Å²) in [5, 5.41) is 12.1. The van der Waals surface area contributed by atoms with Gasteiger partial charge in [-0.3, -0.25) is 4.79 Å². The normalized spacial score (nSPS) is 11.3. The fourth-order valence-electron chi connectivity index (χ4n) is 1.67. The van der Waals surface area contributed by atoms with Crippen LogP contribution in [-0.4, -0.2) is 39.5 Å². The van der Waals surface area contributed by atoms with Crippen LogP contribution in [-0.2, 0) is 4.79 Å². The van der Waals surface area contributed by atoms with Crippen LogP contribution in [0, 0.1) is 0 Å². The number of carbonyl (C=O) groups is 2. The van der Waals surface area contributed by atoms with Gasteiger partial charge in [0.2, 0.25) is 0 Å². The van der Waals surface area contributed by atoms with Gasteiger partial charge in [0.15, 0.2) is 0 Å². The maximum absolute atomic E-state index is 12.4. The SMILES string of the molecule is CN(C(=O)c1csc(-c2ccc(Cl)cc2)n1)C(C)(C)C(=O)O. The largest absolute Gasteiger partial charge is 0.480 e. The van der Waals surface area contributed by atoms with Crippen LogP contribution in [0.3, 0.4) is 0 Å². The fraction of sp³-hybridized carbons (Fsp3) is 0.267. The molecule has 0 atom stereocenters. The smallest absolute Gasteiger partial charge is 0.329 e. The number of hydrogen-bond donors (Lipinski definition) is 1. The van der Waals surface area contributed by atoms with Gasteiger partial charge in [-0.15, -0.1) is 11.3 Å². The molecule has 0 bridgehead atoms. The van der Waals surface area contributed by atoms with Gasteiger partial charge in [0.05, 0.1) is 0 Å². The van der Waals surface area contributed by atoms with Gasteiger partial charge in [-0.25, -0.2) is 9.78 Å². The summed E-state index contributed by atoms with van der Waals surface area (Å²) < 4.78 is 0. The number of hydrogen-bond acceptors (Lipinski definition) is 4. The monoisotopic (exact) mass is 338 g/mol. The molecule has 0 fully saturated rings. The van der Waals surface area contributed by atoms with Crippen molar-refractivity contribution in [2.75, 3.05) is 7.05 Å². The van der Waals surface area contributed by atoms with E-state index in [1.165, 1.54) is 37.1 Å². The lowest BCUT2D eigenvalue weighted by Crippen LogP contribution is -2.50. The van der Waals surface area contributed by atoms with Gasteiger partial charge in [-0.1, -0.05) is 23.7 Å². The van der Waals surface area contributed by atoms with Crippen molar-refractivity contribution in [3.05, 3.63) is 40.4 Å². The van der Waals surface area contributed by atoms with Gasteiger partial charge >= 0.3 is 5.97 Å². The summed E-state index contributed by atoms with van der Waals surface area (Å²) in [5.74, 6) is -1.50. The van der Waals surface area contributed by atoms with E-state index in [0.29, 0.717) is 10.0 Å². The molecule has 22 heavy (non-hydrogen) atoms. The summed E-state index contributed by atoms with van der Waals surface area (Å²) in [7, 11) is 1.46. The first-order valence-corrected chi connectivity index (χ1v) is 7.72. The highest BCUT2D eigenvalue weighted by atomic mass is 35.5. The predicted molar refractivity (Wildman–Crippen MR) is 86.4 cm³/mol. The van der Waals surface area contributed by atoms with E-state index in [4.69, 9.17) is 11.6 Å². The zero-order valence-electron chi connectivity index (χ0n) is 12.3. The molecule has 0 saturated heterocycles. The standard InChI is InChI=1S/C15H15ClN2O3S/c1-15(2,14(20)21)18(3)13(19)11-8-22-12(17-11)9-4-6-10(16)7-5-9/h4-8H,1-3H3,(H,20,21). The number of carboxylic acids is 1. The Bertz CT molecular complexity index is 710. The van der Waals surface area contributed by atoms with Crippen LogP contribution >= 0.6 is 22.9 Å². The van der Waals surface area contributed by atoms with Gasteiger partial charge in [-0.2, -0.15) is 0 Å². The number of aliphatic carboxylic acids is 1. The maximum atomic E-state index is 12.4. The van der Waals surface area contributed by atoms with Crippen LogP contribution in [0.25, 0.3) is 10.6 Å². The first-order valence-electron chi connectivity index (χ1n) is 6.46. The molecule has 0 unspecified atom stereocenters. The molecule has 1 aromatic heterocycles. The molecule has 5 nitrogen and oxygen atoms in total. The Morgan fingerprint density at radius 1 is 1.27 bits per heavy atom. The molecular formula is C15H15ClN2O3S. The second-order valence-electron chi connectivity index (χ2n) is 5.27. The third-order valence-electron chi connectivity index (χ3n) is 3.48. The van der Waals surface area contributed by atoms with Crippen LogP contribution in [0.2, 0.25) is 5.02 Å². The third kappa shape index (κ3) is 3.13. The molecule has 0 spiro atoms. The fourth-order valence-corrected chi connectivity index (χ4v) is 2.59. The Hall–Kier alpha value is -1.92. The van der Waals surface area contributed by atoms with E-state index in [0.717, 1.165) is 5.56 Å². The summed E-state index contributed by atoms with van der Waals surface area (Å²) in [6, 6.07) is 7.14. The molecule has 2 rings (SSSR count). The molecule has 1 N–H and O–H groups in total. The lowest BCUT2D eigenvalue weighted by atomic mass is 10.0. The van der Waals surface area contributed by atoms with E-state index < -0.39 is 17.4 Å². The zero-order valence-corrected chi connectivity index (χ0v) is 13.9. The summed E-state index contributed by atoms with van der Waals surface area (Å²) in [6.45, 7) is 2.94. The summed E-state index contributed by atoms with van der Waals surface area (Å²) in [6.07, 6.45) is 0. The molecule has 1 amide bonds. The number of thiazole rings is 1. The van der Waals surface area contributed by atoms with Crippen molar-refractivity contribution in [1.29, 1.82) is 0 Å². The molecule has 0 radical (unpaired) electrons. The molecule has 0 aliphatic rings. The van der Waals surface area contributed by atoms with Crippen LogP contribution in [0.15, 0.2) is 29.6 Å². The predicted octanol–water partition coefficient (Wildman–Crippen LogP) is 3.40.